The van der Waals surface area contributed by atoms with Crippen molar-refractivity contribution in [3.8, 4) is 5.69 Å². The first-order valence-electron chi connectivity index (χ1n) is 10.7. The van der Waals surface area contributed by atoms with Crippen molar-refractivity contribution >= 4 is 17.6 Å². The Bertz CT molecular complexity index is 1010. The van der Waals surface area contributed by atoms with Crippen LogP contribution in [0.15, 0.2) is 72.0 Å². The molecule has 7 heteroatoms. The molecule has 1 aliphatic heterocycles. The summed E-state index contributed by atoms with van der Waals surface area (Å²) in [5.41, 5.74) is 4.44. The number of nitrogens with zero attached hydrogens (tertiary/aromatic N) is 4. The van der Waals surface area contributed by atoms with Crippen LogP contribution in [-0.2, 0) is 17.8 Å². The highest BCUT2D eigenvalue weighted by molar-refractivity contribution is 5.95. The van der Waals surface area contributed by atoms with Gasteiger partial charge in [0.05, 0.1) is 5.69 Å². The van der Waals surface area contributed by atoms with Crippen LogP contribution in [0.5, 0.6) is 0 Å². The molecule has 1 fully saturated rings. The second-order valence-electron chi connectivity index (χ2n) is 7.53. The van der Waals surface area contributed by atoms with E-state index >= 15 is 0 Å². The van der Waals surface area contributed by atoms with Gasteiger partial charge in [-0.1, -0.05) is 24.3 Å². The number of benzene rings is 2. The van der Waals surface area contributed by atoms with Crippen LogP contribution in [0.1, 0.15) is 24.0 Å². The molecule has 0 unspecified atom stereocenters. The van der Waals surface area contributed by atoms with Crippen molar-refractivity contribution in [3.63, 3.8) is 0 Å². The average molecular weight is 417 g/mol. The van der Waals surface area contributed by atoms with E-state index in [1.807, 2.05) is 34.0 Å². The Morgan fingerprint density at radius 2 is 1.77 bits per heavy atom. The third-order valence-electron chi connectivity index (χ3n) is 5.42. The van der Waals surface area contributed by atoms with Crippen LogP contribution in [-0.4, -0.2) is 41.8 Å². The highest BCUT2D eigenvalue weighted by Gasteiger charge is 2.21. The van der Waals surface area contributed by atoms with Crippen LogP contribution in [0.3, 0.4) is 0 Å². The number of guanidine groups is 1. The summed E-state index contributed by atoms with van der Waals surface area (Å²) in [5.74, 6) is 0.985. The molecule has 0 radical (unpaired) electrons. The van der Waals surface area contributed by atoms with Crippen molar-refractivity contribution in [1.82, 2.24) is 20.4 Å². The van der Waals surface area contributed by atoms with Gasteiger partial charge in [0.15, 0.2) is 5.96 Å². The first kappa shape index (κ1) is 20.7. The van der Waals surface area contributed by atoms with Gasteiger partial charge in [-0.2, -0.15) is 5.10 Å². The van der Waals surface area contributed by atoms with E-state index < -0.39 is 0 Å². The van der Waals surface area contributed by atoms with Gasteiger partial charge in [0, 0.05) is 51.2 Å². The third kappa shape index (κ3) is 5.31. The molecule has 2 N–H and O–H groups in total. The molecule has 0 spiro atoms. The zero-order chi connectivity index (χ0) is 21.5. The van der Waals surface area contributed by atoms with Crippen molar-refractivity contribution in [2.75, 3.05) is 25.0 Å². The molecule has 2 heterocycles. The molecular formula is C24H28N6O. The summed E-state index contributed by atoms with van der Waals surface area (Å²) in [7, 11) is 1.77. The number of carbonyl (C=O) groups excluding carboxylic acids is 1. The molecular weight excluding hydrogens is 388 g/mol. The maximum Gasteiger partial charge on any atom is 0.227 e. The van der Waals surface area contributed by atoms with Crippen LogP contribution < -0.4 is 15.5 Å². The minimum absolute atomic E-state index is 0.214. The maximum absolute atomic E-state index is 11.9. The van der Waals surface area contributed by atoms with Gasteiger partial charge in [-0.25, -0.2) is 4.68 Å². The lowest BCUT2D eigenvalue weighted by Gasteiger charge is -2.16. The summed E-state index contributed by atoms with van der Waals surface area (Å²) in [4.78, 5) is 18.0. The molecule has 160 valence electrons. The predicted octanol–water partition coefficient (Wildman–Crippen LogP) is 2.91. The molecule has 1 amide bonds. The molecule has 31 heavy (non-hydrogen) atoms. The largest absolute Gasteiger partial charge is 0.356 e. The topological polar surface area (TPSA) is 74.6 Å². The standard InChI is InChI=1S/C24H28N6O/c1-25-24(26-15-13-19-5-11-22(12-6-19)30-17-3-14-28-30)27-18-20-7-9-21(10-8-20)29-16-2-4-23(29)31/h3,5-12,14,17H,2,4,13,15-16,18H2,1H3,(H2,25,26,27). The third-order valence-corrected chi connectivity index (χ3v) is 5.42. The number of amides is 1. The summed E-state index contributed by atoms with van der Waals surface area (Å²) in [6.07, 6.45) is 6.21. The zero-order valence-corrected chi connectivity index (χ0v) is 17.8. The van der Waals surface area contributed by atoms with Gasteiger partial charge in [-0.05, 0) is 54.3 Å². The number of rotatable bonds is 7. The van der Waals surface area contributed by atoms with E-state index in [9.17, 15) is 4.79 Å². The maximum atomic E-state index is 11.9. The Balaban J connectivity index is 1.22. The monoisotopic (exact) mass is 416 g/mol. The second kappa shape index (κ2) is 9.93. The molecule has 1 saturated heterocycles. The number of anilines is 1. The summed E-state index contributed by atoms with van der Waals surface area (Å²) in [6, 6.07) is 18.5. The SMILES string of the molecule is CN=C(NCCc1ccc(-n2cccn2)cc1)NCc1ccc(N2CCCC2=O)cc1. The molecule has 0 atom stereocenters. The smallest absolute Gasteiger partial charge is 0.227 e. The fourth-order valence-electron chi connectivity index (χ4n) is 3.68. The molecule has 2 aromatic carbocycles. The lowest BCUT2D eigenvalue weighted by Crippen LogP contribution is -2.37. The van der Waals surface area contributed by atoms with Crippen molar-refractivity contribution in [1.29, 1.82) is 0 Å². The van der Waals surface area contributed by atoms with E-state index in [0.717, 1.165) is 48.8 Å². The average Bonchev–Trinajstić information content (AvgIpc) is 3.49. The van der Waals surface area contributed by atoms with Crippen molar-refractivity contribution < 1.29 is 4.79 Å². The fourth-order valence-corrected chi connectivity index (χ4v) is 3.68. The van der Waals surface area contributed by atoms with Gasteiger partial charge in [0.2, 0.25) is 5.91 Å². The Kier molecular flexibility index (Phi) is 6.62. The van der Waals surface area contributed by atoms with E-state index in [1.165, 1.54) is 5.56 Å². The van der Waals surface area contributed by atoms with Crippen LogP contribution in [0, 0.1) is 0 Å². The molecule has 3 aromatic rings. The lowest BCUT2D eigenvalue weighted by atomic mass is 10.1. The first-order chi connectivity index (χ1) is 15.2. The Morgan fingerprint density at radius 3 is 2.42 bits per heavy atom. The molecule has 7 nitrogen and oxygen atoms in total. The van der Waals surface area contributed by atoms with E-state index in [2.05, 4.69) is 57.1 Å². The quantitative estimate of drug-likeness (QED) is 0.459. The van der Waals surface area contributed by atoms with Crippen molar-refractivity contribution in [2.24, 2.45) is 4.99 Å². The minimum atomic E-state index is 0.214. The first-order valence-corrected chi connectivity index (χ1v) is 10.7. The number of aliphatic imine (C=N–C) groups is 1. The van der Waals surface area contributed by atoms with Crippen LogP contribution in [0.25, 0.3) is 5.69 Å². The van der Waals surface area contributed by atoms with Crippen LogP contribution in [0.2, 0.25) is 0 Å². The highest BCUT2D eigenvalue weighted by atomic mass is 16.2. The van der Waals surface area contributed by atoms with E-state index in [-0.39, 0.29) is 5.91 Å². The van der Waals surface area contributed by atoms with Gasteiger partial charge in [0.25, 0.3) is 0 Å². The number of hydrogen-bond donors (Lipinski definition) is 2. The second-order valence-corrected chi connectivity index (χ2v) is 7.53. The Labute approximate surface area is 182 Å². The number of carbonyl (C=O) groups is 1. The normalized spacial score (nSPS) is 14.2. The summed E-state index contributed by atoms with van der Waals surface area (Å²) in [6.45, 7) is 2.28. The summed E-state index contributed by atoms with van der Waals surface area (Å²) >= 11 is 0. The van der Waals surface area contributed by atoms with Crippen LogP contribution in [0.4, 0.5) is 5.69 Å². The zero-order valence-electron chi connectivity index (χ0n) is 17.8. The summed E-state index contributed by atoms with van der Waals surface area (Å²) < 4.78 is 1.85. The fraction of sp³-hybridized carbons (Fsp3) is 0.292. The number of hydrogen-bond acceptors (Lipinski definition) is 3. The van der Waals surface area contributed by atoms with Crippen molar-refractivity contribution in [3.05, 3.63) is 78.1 Å². The van der Waals surface area contributed by atoms with Gasteiger partial charge in [0.1, 0.15) is 0 Å². The number of nitrogens with one attached hydrogen (secondary N) is 2. The van der Waals surface area contributed by atoms with E-state index in [1.54, 1.807) is 13.2 Å². The van der Waals surface area contributed by atoms with Crippen molar-refractivity contribution in [2.45, 2.75) is 25.8 Å². The molecule has 0 bridgehead atoms. The minimum Gasteiger partial charge on any atom is -0.356 e. The van der Waals surface area contributed by atoms with Gasteiger partial charge >= 0.3 is 0 Å². The van der Waals surface area contributed by atoms with Gasteiger partial charge in [-0.3, -0.25) is 9.79 Å². The Hall–Kier alpha value is -3.61. The number of aromatic nitrogens is 2. The molecule has 0 aliphatic carbocycles. The van der Waals surface area contributed by atoms with Gasteiger partial charge < -0.3 is 15.5 Å². The molecule has 0 saturated carbocycles. The summed E-state index contributed by atoms with van der Waals surface area (Å²) in [5, 5.41) is 11.0. The lowest BCUT2D eigenvalue weighted by molar-refractivity contribution is -0.117. The Morgan fingerprint density at radius 1 is 1.03 bits per heavy atom. The molecule has 4 rings (SSSR count). The van der Waals surface area contributed by atoms with Crippen LogP contribution >= 0.6 is 0 Å². The molecule has 1 aromatic heterocycles. The molecule has 1 aliphatic rings. The van der Waals surface area contributed by atoms with E-state index in [0.29, 0.717) is 13.0 Å². The highest BCUT2D eigenvalue weighted by Crippen LogP contribution is 2.21. The van der Waals surface area contributed by atoms with Gasteiger partial charge in [-0.15, -0.1) is 0 Å². The predicted molar refractivity (Wildman–Crippen MR) is 123 cm³/mol. The van der Waals surface area contributed by atoms with E-state index in [4.69, 9.17) is 0 Å².